The molecule has 1 fully saturated rings. The van der Waals surface area contributed by atoms with Crippen molar-refractivity contribution < 1.29 is 9.66 Å². The van der Waals surface area contributed by atoms with Crippen LogP contribution < -0.4 is 5.32 Å². The van der Waals surface area contributed by atoms with Crippen molar-refractivity contribution in [2.24, 2.45) is 0 Å². The molecule has 0 amide bonds. The van der Waals surface area contributed by atoms with Crippen molar-refractivity contribution in [3.63, 3.8) is 0 Å². The fourth-order valence-corrected chi connectivity index (χ4v) is 1.34. The van der Waals surface area contributed by atoms with Crippen molar-refractivity contribution in [1.29, 1.82) is 0 Å². The summed E-state index contributed by atoms with van der Waals surface area (Å²) < 4.78 is 5.19. The van der Waals surface area contributed by atoms with E-state index in [4.69, 9.17) is 4.74 Å². The average molecular weight is 209 g/mol. The summed E-state index contributed by atoms with van der Waals surface area (Å²) in [5.41, 5.74) is -0.00294. The third kappa shape index (κ3) is 2.21. The fraction of sp³-hybridized carbons (Fsp3) is 0.444. The number of hydrogen-bond donors (Lipinski definition) is 1. The van der Waals surface area contributed by atoms with Crippen molar-refractivity contribution in [3.8, 4) is 0 Å². The zero-order chi connectivity index (χ0) is 10.7. The van der Waals surface area contributed by atoms with Crippen molar-refractivity contribution in [2.75, 3.05) is 18.5 Å². The van der Waals surface area contributed by atoms with Gasteiger partial charge in [0, 0.05) is 25.4 Å². The van der Waals surface area contributed by atoms with Crippen LogP contribution in [0.1, 0.15) is 6.42 Å². The quantitative estimate of drug-likeness (QED) is 0.595. The van der Waals surface area contributed by atoms with Gasteiger partial charge in [-0.2, -0.15) is 0 Å². The first-order chi connectivity index (χ1) is 7.27. The van der Waals surface area contributed by atoms with E-state index in [-0.39, 0.29) is 11.8 Å². The van der Waals surface area contributed by atoms with Gasteiger partial charge in [-0.25, -0.2) is 4.98 Å². The highest BCUT2D eigenvalue weighted by molar-refractivity contribution is 5.55. The monoisotopic (exact) mass is 209 g/mol. The molecule has 6 nitrogen and oxygen atoms in total. The minimum absolute atomic E-state index is 0.00294. The van der Waals surface area contributed by atoms with Gasteiger partial charge in [0.25, 0.3) is 0 Å². The summed E-state index contributed by atoms with van der Waals surface area (Å²) in [4.78, 5) is 14.1. The van der Waals surface area contributed by atoms with Gasteiger partial charge in [0.1, 0.15) is 0 Å². The van der Waals surface area contributed by atoms with Gasteiger partial charge in [0.15, 0.2) is 0 Å². The van der Waals surface area contributed by atoms with Crippen LogP contribution in [0.3, 0.4) is 0 Å². The van der Waals surface area contributed by atoms with Gasteiger partial charge >= 0.3 is 5.69 Å². The van der Waals surface area contributed by atoms with Crippen molar-refractivity contribution >= 4 is 11.5 Å². The number of rotatable bonds is 4. The molecule has 0 saturated carbocycles. The maximum atomic E-state index is 10.6. The van der Waals surface area contributed by atoms with E-state index in [0.717, 1.165) is 13.0 Å². The molecular weight excluding hydrogens is 198 g/mol. The van der Waals surface area contributed by atoms with E-state index < -0.39 is 4.92 Å². The second-order valence-electron chi connectivity index (χ2n) is 3.29. The third-order valence-corrected chi connectivity index (χ3v) is 2.27. The molecule has 0 unspecified atom stereocenters. The Balaban J connectivity index is 2.02. The molecule has 15 heavy (non-hydrogen) atoms. The van der Waals surface area contributed by atoms with Crippen LogP contribution in [0.2, 0.25) is 0 Å². The Morgan fingerprint density at radius 2 is 2.53 bits per heavy atom. The van der Waals surface area contributed by atoms with E-state index >= 15 is 0 Å². The molecule has 1 aromatic heterocycles. The lowest BCUT2D eigenvalue weighted by atomic mass is 10.2. The topological polar surface area (TPSA) is 77.3 Å². The molecule has 0 spiro atoms. The predicted molar refractivity (Wildman–Crippen MR) is 53.7 cm³/mol. The summed E-state index contributed by atoms with van der Waals surface area (Å²) in [5.74, 6) is 0.304. The van der Waals surface area contributed by atoms with E-state index in [0.29, 0.717) is 12.4 Å². The van der Waals surface area contributed by atoms with E-state index in [2.05, 4.69) is 10.3 Å². The van der Waals surface area contributed by atoms with E-state index in [1.54, 1.807) is 6.07 Å². The molecule has 2 heterocycles. The first-order valence-electron chi connectivity index (χ1n) is 4.72. The van der Waals surface area contributed by atoms with E-state index in [1.807, 2.05) is 0 Å². The number of nitrogens with zero attached hydrogens (tertiary/aromatic N) is 2. The van der Waals surface area contributed by atoms with Gasteiger partial charge < -0.3 is 10.1 Å². The van der Waals surface area contributed by atoms with Gasteiger partial charge in [0.2, 0.25) is 5.82 Å². The van der Waals surface area contributed by atoms with Crippen LogP contribution in [0.25, 0.3) is 0 Å². The van der Waals surface area contributed by atoms with Crippen molar-refractivity contribution in [3.05, 3.63) is 28.4 Å². The smallest absolute Gasteiger partial charge is 0.311 e. The lowest BCUT2D eigenvalue weighted by Crippen LogP contribution is -2.33. The maximum absolute atomic E-state index is 10.6. The third-order valence-electron chi connectivity index (χ3n) is 2.27. The van der Waals surface area contributed by atoms with Gasteiger partial charge in [-0.05, 0) is 12.5 Å². The number of aromatic nitrogens is 1. The molecule has 1 aliphatic rings. The van der Waals surface area contributed by atoms with Crippen LogP contribution >= 0.6 is 0 Å². The molecular formula is C9H11N3O3. The zero-order valence-corrected chi connectivity index (χ0v) is 8.05. The van der Waals surface area contributed by atoms with Crippen molar-refractivity contribution in [1.82, 2.24) is 4.98 Å². The minimum Gasteiger partial charge on any atom is -0.376 e. The molecule has 0 radical (unpaired) electrons. The predicted octanol–water partition coefficient (Wildman–Crippen LogP) is 1.19. The summed E-state index contributed by atoms with van der Waals surface area (Å²) in [5, 5.41) is 13.6. The number of ether oxygens (including phenoxy) is 1. The van der Waals surface area contributed by atoms with Crippen molar-refractivity contribution in [2.45, 2.75) is 12.5 Å². The van der Waals surface area contributed by atoms with Crippen LogP contribution in [-0.2, 0) is 4.74 Å². The van der Waals surface area contributed by atoms with Gasteiger partial charge in [0.05, 0.1) is 11.0 Å². The Kier molecular flexibility index (Phi) is 2.77. The van der Waals surface area contributed by atoms with Crippen LogP contribution in [0.5, 0.6) is 0 Å². The molecule has 80 valence electrons. The summed E-state index contributed by atoms with van der Waals surface area (Å²) in [6.07, 6.45) is 2.68. The number of anilines is 1. The Bertz CT molecular complexity index is 365. The van der Waals surface area contributed by atoms with E-state index in [1.165, 1.54) is 12.3 Å². The summed E-state index contributed by atoms with van der Waals surface area (Å²) >= 11 is 0. The van der Waals surface area contributed by atoms with Gasteiger partial charge in [-0.1, -0.05) is 0 Å². The Morgan fingerprint density at radius 1 is 1.73 bits per heavy atom. The molecule has 0 aromatic carbocycles. The molecule has 6 heteroatoms. The first-order valence-corrected chi connectivity index (χ1v) is 4.72. The molecule has 2 rings (SSSR count). The lowest BCUT2D eigenvalue weighted by molar-refractivity contribution is -0.384. The first kappa shape index (κ1) is 9.85. The molecule has 1 aromatic rings. The van der Waals surface area contributed by atoms with E-state index in [9.17, 15) is 10.1 Å². The zero-order valence-electron chi connectivity index (χ0n) is 8.05. The molecule has 1 atom stereocenters. The van der Waals surface area contributed by atoms with Gasteiger partial charge in [-0.15, -0.1) is 0 Å². The highest BCUT2D eigenvalue weighted by Crippen LogP contribution is 2.21. The number of hydrogen-bond acceptors (Lipinski definition) is 5. The molecule has 0 aliphatic carbocycles. The Labute approximate surface area is 86.4 Å². The standard InChI is InChI=1S/C9H11N3O3/c13-12(14)8-2-1-4-10-9(8)11-6-7-3-5-15-7/h1-2,4,7H,3,5-6H2,(H,10,11)/t7-/m0/s1. The molecule has 1 N–H and O–H groups in total. The summed E-state index contributed by atoms with van der Waals surface area (Å²) in [7, 11) is 0. The minimum atomic E-state index is -0.447. The van der Waals surface area contributed by atoms with Crippen LogP contribution in [0.4, 0.5) is 11.5 Å². The Morgan fingerprint density at radius 3 is 3.13 bits per heavy atom. The number of nitrogens with one attached hydrogen (secondary N) is 1. The van der Waals surface area contributed by atoms with Crippen LogP contribution in [0.15, 0.2) is 18.3 Å². The SMILES string of the molecule is O=[N+]([O-])c1cccnc1NC[C@@H]1CCO1. The average Bonchev–Trinajstić information content (AvgIpc) is 2.16. The fourth-order valence-electron chi connectivity index (χ4n) is 1.34. The van der Waals surface area contributed by atoms with Crippen LogP contribution in [-0.4, -0.2) is 29.2 Å². The highest BCUT2D eigenvalue weighted by Gasteiger charge is 2.20. The molecule has 1 aliphatic heterocycles. The molecule has 1 saturated heterocycles. The molecule has 0 bridgehead atoms. The summed E-state index contributed by atoms with van der Waals surface area (Å²) in [6.45, 7) is 1.34. The second kappa shape index (κ2) is 4.22. The Hall–Kier alpha value is -1.69. The highest BCUT2D eigenvalue weighted by atomic mass is 16.6. The van der Waals surface area contributed by atoms with Gasteiger partial charge in [-0.3, -0.25) is 10.1 Å². The lowest BCUT2D eigenvalue weighted by Gasteiger charge is -2.26. The normalized spacial score (nSPS) is 19.3. The second-order valence-corrected chi connectivity index (χ2v) is 3.29. The number of nitro groups is 1. The van der Waals surface area contributed by atoms with Crippen LogP contribution in [0, 0.1) is 10.1 Å². The number of pyridine rings is 1. The maximum Gasteiger partial charge on any atom is 0.311 e. The largest absolute Gasteiger partial charge is 0.376 e. The summed E-state index contributed by atoms with van der Waals surface area (Å²) in [6, 6.07) is 2.97.